The number of fused-ring (bicyclic) bond motifs is 1. The fraction of sp³-hybridized carbons (Fsp3) is 0.200. The third-order valence-electron chi connectivity index (χ3n) is 5.74. The van der Waals surface area contributed by atoms with Crippen LogP contribution >= 0.6 is 11.6 Å². The Hall–Kier alpha value is -3.91. The molecule has 1 N–H and O–H groups in total. The van der Waals surface area contributed by atoms with Crippen LogP contribution < -0.4 is 10.9 Å². The maximum atomic E-state index is 13.2. The zero-order valence-electron chi connectivity index (χ0n) is 18.2. The number of anilines is 1. The Morgan fingerprint density at radius 1 is 1.09 bits per heavy atom. The molecule has 1 atom stereocenters. The van der Waals surface area contributed by atoms with Gasteiger partial charge in [-0.15, -0.1) is 0 Å². The Balaban J connectivity index is 1.32. The third-order valence-corrected chi connectivity index (χ3v) is 6.04. The van der Waals surface area contributed by atoms with Crippen molar-refractivity contribution in [2.24, 2.45) is 0 Å². The zero-order chi connectivity index (χ0) is 23.5. The predicted molar refractivity (Wildman–Crippen MR) is 128 cm³/mol. The van der Waals surface area contributed by atoms with Crippen LogP contribution in [-0.2, 0) is 29.1 Å². The van der Waals surface area contributed by atoms with Crippen LogP contribution in [0.3, 0.4) is 0 Å². The lowest BCUT2D eigenvalue weighted by Gasteiger charge is -2.16. The average molecular weight is 476 g/mol. The minimum Gasteiger partial charge on any atom is -0.459 e. The van der Waals surface area contributed by atoms with Crippen molar-refractivity contribution in [1.29, 1.82) is 0 Å². The molecule has 1 aliphatic rings. The van der Waals surface area contributed by atoms with Crippen molar-refractivity contribution in [3.8, 4) is 5.69 Å². The van der Waals surface area contributed by atoms with Gasteiger partial charge in [-0.1, -0.05) is 60.1 Å². The molecule has 0 unspecified atom stereocenters. The number of halogens is 1. The van der Waals surface area contributed by atoms with E-state index in [9.17, 15) is 9.59 Å². The summed E-state index contributed by atoms with van der Waals surface area (Å²) in [7, 11) is 0. The number of rotatable bonds is 7. The van der Waals surface area contributed by atoms with Crippen LogP contribution in [0.2, 0.25) is 5.15 Å². The van der Waals surface area contributed by atoms with Gasteiger partial charge >= 0.3 is 5.97 Å². The number of nitrogens with one attached hydrogen (secondary N) is 1. The first kappa shape index (κ1) is 21.9. The summed E-state index contributed by atoms with van der Waals surface area (Å²) in [6.07, 6.45) is 4.52. The average Bonchev–Trinajstić information content (AvgIpc) is 3.53. The summed E-state index contributed by atoms with van der Waals surface area (Å²) < 4.78 is 8.65. The van der Waals surface area contributed by atoms with Gasteiger partial charge in [0.15, 0.2) is 11.0 Å². The Morgan fingerprint density at radius 2 is 1.82 bits per heavy atom. The Bertz CT molecular complexity index is 1370. The summed E-state index contributed by atoms with van der Waals surface area (Å²) >= 11 is 6.38. The van der Waals surface area contributed by atoms with Crippen molar-refractivity contribution in [1.82, 2.24) is 19.3 Å². The van der Waals surface area contributed by atoms with Crippen LogP contribution in [0.25, 0.3) is 5.69 Å². The normalized spacial score (nSPS) is 14.6. The van der Waals surface area contributed by atoms with Crippen LogP contribution in [0, 0.1) is 0 Å². The third kappa shape index (κ3) is 4.45. The molecule has 2 aromatic carbocycles. The van der Waals surface area contributed by atoms with E-state index in [1.165, 1.54) is 4.57 Å². The van der Waals surface area contributed by atoms with E-state index >= 15 is 0 Å². The van der Waals surface area contributed by atoms with E-state index in [4.69, 9.17) is 16.3 Å². The maximum absolute atomic E-state index is 13.2. The van der Waals surface area contributed by atoms with Crippen LogP contribution in [0.1, 0.15) is 29.3 Å². The Morgan fingerprint density at radius 3 is 2.59 bits per heavy atom. The summed E-state index contributed by atoms with van der Waals surface area (Å²) in [5.41, 5.74) is 2.84. The second-order valence-corrected chi connectivity index (χ2v) is 8.36. The monoisotopic (exact) mass is 475 g/mol. The number of hydrogen-bond donors (Lipinski definition) is 1. The van der Waals surface area contributed by atoms with E-state index in [0.717, 1.165) is 16.8 Å². The van der Waals surface area contributed by atoms with Gasteiger partial charge in [-0.2, -0.15) is 5.10 Å². The molecule has 2 aromatic heterocycles. The predicted octanol–water partition coefficient (Wildman–Crippen LogP) is 3.93. The molecular formula is C25H22ClN5O3. The highest BCUT2D eigenvalue weighted by Crippen LogP contribution is 2.30. The van der Waals surface area contributed by atoms with Gasteiger partial charge in [0.05, 0.1) is 17.6 Å². The minimum absolute atomic E-state index is 0.0870. The molecule has 9 heteroatoms. The number of para-hydroxylation sites is 1. The standard InChI is InChI=1S/C25H22ClN5O3/c26-22-20-11-12-21(25(33)34-16-17-7-3-1-4-8-17)31(20)24(32)23(29-22)27-13-18-14-28-30(15-18)19-9-5-2-6-10-19/h1-10,14-15,21H,11-13,16H2,(H,27,29)/t21-/m0/s1. The molecule has 0 aliphatic carbocycles. The van der Waals surface area contributed by atoms with E-state index in [-0.39, 0.29) is 17.6 Å². The fourth-order valence-corrected chi connectivity index (χ4v) is 4.29. The number of carbonyl (C=O) groups is 1. The lowest BCUT2D eigenvalue weighted by Crippen LogP contribution is -2.31. The summed E-state index contributed by atoms with van der Waals surface area (Å²) in [5, 5.41) is 7.62. The first-order valence-electron chi connectivity index (χ1n) is 10.9. The second-order valence-electron chi connectivity index (χ2n) is 8.00. The van der Waals surface area contributed by atoms with E-state index in [2.05, 4.69) is 15.4 Å². The SMILES string of the molecule is O=C(OCc1ccccc1)[C@@H]1CCc2c(Cl)nc(NCc3cnn(-c4ccccc4)c3)c(=O)n21. The van der Waals surface area contributed by atoms with Gasteiger partial charge in [0.2, 0.25) is 0 Å². The highest BCUT2D eigenvalue weighted by atomic mass is 35.5. The quantitative estimate of drug-likeness (QED) is 0.407. The molecule has 0 radical (unpaired) electrons. The molecule has 34 heavy (non-hydrogen) atoms. The van der Waals surface area contributed by atoms with Crippen molar-refractivity contribution in [2.75, 3.05) is 5.32 Å². The molecule has 5 rings (SSSR count). The van der Waals surface area contributed by atoms with Crippen molar-refractivity contribution < 1.29 is 9.53 Å². The van der Waals surface area contributed by atoms with Gasteiger partial charge < -0.3 is 10.1 Å². The van der Waals surface area contributed by atoms with Gasteiger partial charge in [0.25, 0.3) is 5.56 Å². The van der Waals surface area contributed by atoms with Gasteiger partial charge in [-0.3, -0.25) is 9.36 Å². The molecule has 1 aliphatic heterocycles. The summed E-state index contributed by atoms with van der Waals surface area (Å²) in [6, 6.07) is 18.4. The van der Waals surface area contributed by atoms with Crippen molar-refractivity contribution in [3.05, 3.63) is 105 Å². The fourth-order valence-electron chi connectivity index (χ4n) is 4.02. The van der Waals surface area contributed by atoms with E-state index in [0.29, 0.717) is 25.1 Å². The molecule has 172 valence electrons. The number of carbonyl (C=O) groups excluding carboxylic acids is 1. The van der Waals surface area contributed by atoms with Crippen molar-refractivity contribution >= 4 is 23.4 Å². The smallest absolute Gasteiger partial charge is 0.329 e. The van der Waals surface area contributed by atoms with Gasteiger partial charge in [0, 0.05) is 18.3 Å². The first-order chi connectivity index (χ1) is 16.6. The summed E-state index contributed by atoms with van der Waals surface area (Å²) in [5.74, 6) is -0.369. The van der Waals surface area contributed by atoms with Crippen molar-refractivity contribution in [3.63, 3.8) is 0 Å². The molecule has 0 spiro atoms. The van der Waals surface area contributed by atoms with Gasteiger partial charge in [0.1, 0.15) is 12.6 Å². The summed E-state index contributed by atoms with van der Waals surface area (Å²) in [4.78, 5) is 30.3. The maximum Gasteiger partial charge on any atom is 0.329 e. The lowest BCUT2D eigenvalue weighted by atomic mass is 10.2. The second kappa shape index (κ2) is 9.52. The Kier molecular flexibility index (Phi) is 6.14. The first-order valence-corrected chi connectivity index (χ1v) is 11.3. The lowest BCUT2D eigenvalue weighted by molar-refractivity contribution is -0.148. The molecule has 0 saturated carbocycles. The van der Waals surface area contributed by atoms with E-state index < -0.39 is 17.6 Å². The van der Waals surface area contributed by atoms with Crippen LogP contribution in [0.15, 0.2) is 77.9 Å². The zero-order valence-corrected chi connectivity index (χ0v) is 19.0. The molecule has 4 aromatic rings. The van der Waals surface area contributed by atoms with E-state index in [1.54, 1.807) is 10.9 Å². The van der Waals surface area contributed by atoms with Gasteiger partial charge in [-0.25, -0.2) is 14.5 Å². The largest absolute Gasteiger partial charge is 0.459 e. The van der Waals surface area contributed by atoms with Gasteiger partial charge in [-0.05, 0) is 30.5 Å². The highest BCUT2D eigenvalue weighted by Gasteiger charge is 2.33. The van der Waals surface area contributed by atoms with E-state index in [1.807, 2.05) is 66.9 Å². The Labute approximate surface area is 200 Å². The number of benzene rings is 2. The topological polar surface area (TPSA) is 91.0 Å². The molecule has 0 fully saturated rings. The molecule has 8 nitrogen and oxygen atoms in total. The molecular weight excluding hydrogens is 454 g/mol. The molecule has 3 heterocycles. The number of ether oxygens (including phenoxy) is 1. The number of nitrogens with zero attached hydrogens (tertiary/aromatic N) is 4. The van der Waals surface area contributed by atoms with Crippen LogP contribution in [0.4, 0.5) is 5.82 Å². The number of aromatic nitrogens is 4. The van der Waals surface area contributed by atoms with Crippen LogP contribution in [-0.4, -0.2) is 25.3 Å². The minimum atomic E-state index is -0.729. The molecule has 0 bridgehead atoms. The highest BCUT2D eigenvalue weighted by molar-refractivity contribution is 6.30. The van der Waals surface area contributed by atoms with Crippen LogP contribution in [0.5, 0.6) is 0 Å². The number of hydrogen-bond acceptors (Lipinski definition) is 6. The number of esters is 1. The summed E-state index contributed by atoms with van der Waals surface area (Å²) in [6.45, 7) is 0.476. The van der Waals surface area contributed by atoms with Crippen molar-refractivity contribution in [2.45, 2.75) is 32.0 Å². The molecule has 0 saturated heterocycles. The molecule has 0 amide bonds.